The molecular formula is C20H25N3O5. The highest BCUT2D eigenvalue weighted by Crippen LogP contribution is 2.32. The van der Waals surface area contributed by atoms with Gasteiger partial charge in [0.1, 0.15) is 6.61 Å². The monoisotopic (exact) mass is 387 g/mol. The minimum absolute atomic E-state index is 0.0264. The molecule has 1 aliphatic carbocycles. The minimum atomic E-state index is -0.632. The SMILES string of the molecule is COCCOC(=O)C1=C(C)N(C)C(=O)NC1c1ccc(NC(=O)C2CC2)cc1. The molecule has 1 unspecified atom stereocenters. The van der Waals surface area contributed by atoms with Crippen LogP contribution in [0.4, 0.5) is 10.5 Å². The first-order valence-electron chi connectivity index (χ1n) is 9.24. The van der Waals surface area contributed by atoms with E-state index in [9.17, 15) is 14.4 Å². The number of urea groups is 1. The number of ether oxygens (including phenoxy) is 2. The summed E-state index contributed by atoms with van der Waals surface area (Å²) >= 11 is 0. The molecule has 8 heteroatoms. The van der Waals surface area contributed by atoms with Gasteiger partial charge in [-0.05, 0) is 37.5 Å². The first kappa shape index (κ1) is 19.9. The van der Waals surface area contributed by atoms with E-state index in [1.807, 2.05) is 0 Å². The van der Waals surface area contributed by atoms with Gasteiger partial charge in [0.2, 0.25) is 5.91 Å². The maximum absolute atomic E-state index is 12.6. The molecular weight excluding hydrogens is 362 g/mol. The Kier molecular flexibility index (Phi) is 5.99. The van der Waals surface area contributed by atoms with E-state index in [1.54, 1.807) is 38.2 Å². The Labute approximate surface area is 163 Å². The molecule has 3 amide bonds. The van der Waals surface area contributed by atoms with Crippen LogP contribution in [0.2, 0.25) is 0 Å². The first-order chi connectivity index (χ1) is 13.4. The Balaban J connectivity index is 1.81. The number of rotatable bonds is 7. The van der Waals surface area contributed by atoms with E-state index < -0.39 is 12.0 Å². The van der Waals surface area contributed by atoms with Gasteiger partial charge in [-0.3, -0.25) is 4.79 Å². The van der Waals surface area contributed by atoms with Gasteiger partial charge < -0.3 is 25.0 Å². The molecule has 1 fully saturated rings. The van der Waals surface area contributed by atoms with E-state index in [-0.39, 0.29) is 24.5 Å². The average Bonchev–Trinajstić information content (AvgIpc) is 3.52. The molecule has 1 aromatic rings. The van der Waals surface area contributed by atoms with Crippen molar-refractivity contribution in [1.82, 2.24) is 10.2 Å². The van der Waals surface area contributed by atoms with Crippen LogP contribution in [-0.4, -0.2) is 50.2 Å². The van der Waals surface area contributed by atoms with Crippen LogP contribution in [0.25, 0.3) is 0 Å². The van der Waals surface area contributed by atoms with Gasteiger partial charge in [0.05, 0.1) is 18.2 Å². The summed E-state index contributed by atoms with van der Waals surface area (Å²) in [6.07, 6.45) is 1.87. The molecule has 8 nitrogen and oxygen atoms in total. The lowest BCUT2D eigenvalue weighted by Gasteiger charge is -2.33. The molecule has 150 valence electrons. The summed E-state index contributed by atoms with van der Waals surface area (Å²) in [7, 11) is 3.12. The zero-order valence-corrected chi connectivity index (χ0v) is 16.3. The maximum atomic E-state index is 12.6. The molecule has 1 aromatic carbocycles. The lowest BCUT2D eigenvalue weighted by molar-refractivity contribution is -0.140. The number of nitrogens with one attached hydrogen (secondary N) is 2. The van der Waals surface area contributed by atoms with Crippen LogP contribution in [-0.2, 0) is 19.1 Å². The molecule has 0 saturated heterocycles. The highest BCUT2D eigenvalue weighted by molar-refractivity contribution is 5.95. The summed E-state index contributed by atoms with van der Waals surface area (Å²) in [6.45, 7) is 2.13. The number of esters is 1. The fourth-order valence-corrected chi connectivity index (χ4v) is 2.99. The molecule has 28 heavy (non-hydrogen) atoms. The smallest absolute Gasteiger partial charge is 0.338 e. The largest absolute Gasteiger partial charge is 0.460 e. The van der Waals surface area contributed by atoms with Gasteiger partial charge in [0.25, 0.3) is 0 Å². The summed E-state index contributed by atoms with van der Waals surface area (Å²) in [4.78, 5) is 38.2. The molecule has 1 aliphatic heterocycles. The molecule has 2 N–H and O–H groups in total. The van der Waals surface area contributed by atoms with E-state index in [0.29, 0.717) is 23.6 Å². The predicted molar refractivity (Wildman–Crippen MR) is 102 cm³/mol. The third-order valence-electron chi connectivity index (χ3n) is 4.95. The zero-order valence-electron chi connectivity index (χ0n) is 16.3. The fourth-order valence-electron chi connectivity index (χ4n) is 2.99. The van der Waals surface area contributed by atoms with Crippen LogP contribution >= 0.6 is 0 Å². The molecule has 0 radical (unpaired) electrons. The Bertz CT molecular complexity index is 799. The molecule has 0 bridgehead atoms. The number of hydrogen-bond acceptors (Lipinski definition) is 5. The second kappa shape index (κ2) is 8.43. The topological polar surface area (TPSA) is 97.0 Å². The Morgan fingerprint density at radius 1 is 1.21 bits per heavy atom. The summed E-state index contributed by atoms with van der Waals surface area (Å²) in [5, 5.41) is 5.71. The normalized spacial score (nSPS) is 19.3. The second-order valence-corrected chi connectivity index (χ2v) is 6.95. The van der Waals surface area contributed by atoms with Gasteiger partial charge in [-0.1, -0.05) is 12.1 Å². The number of carbonyl (C=O) groups is 3. The van der Waals surface area contributed by atoms with Crippen molar-refractivity contribution < 1.29 is 23.9 Å². The molecule has 1 atom stereocenters. The van der Waals surface area contributed by atoms with Gasteiger partial charge in [-0.25, -0.2) is 9.59 Å². The van der Waals surface area contributed by atoms with Crippen molar-refractivity contribution in [2.75, 3.05) is 32.7 Å². The van der Waals surface area contributed by atoms with Gasteiger partial charge in [0, 0.05) is 31.5 Å². The lowest BCUT2D eigenvalue weighted by atomic mass is 9.95. The van der Waals surface area contributed by atoms with Crippen molar-refractivity contribution in [1.29, 1.82) is 0 Å². The van der Waals surface area contributed by atoms with Crippen molar-refractivity contribution in [2.24, 2.45) is 5.92 Å². The number of benzene rings is 1. The van der Waals surface area contributed by atoms with Crippen LogP contribution in [0.15, 0.2) is 35.5 Å². The Morgan fingerprint density at radius 3 is 2.50 bits per heavy atom. The van der Waals surface area contributed by atoms with Crippen LogP contribution < -0.4 is 10.6 Å². The van der Waals surface area contributed by atoms with Crippen molar-refractivity contribution in [2.45, 2.75) is 25.8 Å². The number of methoxy groups -OCH3 is 1. The van der Waals surface area contributed by atoms with Crippen molar-refractivity contribution in [3.63, 3.8) is 0 Å². The van der Waals surface area contributed by atoms with Crippen molar-refractivity contribution in [3.05, 3.63) is 41.1 Å². The van der Waals surface area contributed by atoms with Gasteiger partial charge >= 0.3 is 12.0 Å². The summed E-state index contributed by atoms with van der Waals surface area (Å²) < 4.78 is 10.2. The standard InChI is InChI=1S/C20H25N3O5/c1-12-16(19(25)28-11-10-27-3)17(22-20(26)23(12)2)13-6-8-15(9-7-13)21-18(24)14-4-5-14/h6-9,14,17H,4-5,10-11H2,1-3H3,(H,21,24)(H,22,26). The molecule has 3 rings (SSSR count). The lowest BCUT2D eigenvalue weighted by Crippen LogP contribution is -2.46. The highest BCUT2D eigenvalue weighted by Gasteiger charge is 2.35. The van der Waals surface area contributed by atoms with Gasteiger partial charge in [-0.15, -0.1) is 0 Å². The van der Waals surface area contributed by atoms with Crippen molar-refractivity contribution >= 4 is 23.6 Å². The van der Waals surface area contributed by atoms with Crippen LogP contribution in [0.1, 0.15) is 31.4 Å². The van der Waals surface area contributed by atoms with E-state index in [1.165, 1.54) is 12.0 Å². The predicted octanol–water partition coefficient (Wildman–Crippen LogP) is 2.19. The second-order valence-electron chi connectivity index (χ2n) is 6.95. The number of hydrogen-bond donors (Lipinski definition) is 2. The summed E-state index contributed by atoms with van der Waals surface area (Å²) in [6, 6.07) is 6.17. The van der Waals surface area contributed by atoms with E-state index in [2.05, 4.69) is 10.6 Å². The quantitative estimate of drug-likeness (QED) is 0.552. The number of anilines is 1. The minimum Gasteiger partial charge on any atom is -0.460 e. The van der Waals surface area contributed by atoms with Gasteiger partial charge in [0.15, 0.2) is 0 Å². The molecule has 1 heterocycles. The Morgan fingerprint density at radius 2 is 1.89 bits per heavy atom. The van der Waals surface area contributed by atoms with E-state index >= 15 is 0 Å². The molecule has 0 spiro atoms. The van der Waals surface area contributed by atoms with E-state index in [0.717, 1.165) is 18.4 Å². The zero-order chi connectivity index (χ0) is 20.3. The summed E-state index contributed by atoms with van der Waals surface area (Å²) in [5.74, 6) is -0.358. The molecule has 1 saturated carbocycles. The maximum Gasteiger partial charge on any atom is 0.338 e. The Hall–Kier alpha value is -2.87. The van der Waals surface area contributed by atoms with Crippen LogP contribution in [0.3, 0.4) is 0 Å². The molecule has 2 aliphatic rings. The third-order valence-corrected chi connectivity index (χ3v) is 4.95. The van der Waals surface area contributed by atoms with Gasteiger partial charge in [-0.2, -0.15) is 0 Å². The first-order valence-corrected chi connectivity index (χ1v) is 9.24. The van der Waals surface area contributed by atoms with Crippen LogP contribution in [0.5, 0.6) is 0 Å². The third kappa shape index (κ3) is 4.33. The average molecular weight is 387 g/mol. The number of carbonyl (C=O) groups excluding carboxylic acids is 3. The highest BCUT2D eigenvalue weighted by atomic mass is 16.6. The number of allylic oxidation sites excluding steroid dienone is 1. The summed E-state index contributed by atoms with van der Waals surface area (Å²) in [5.41, 5.74) is 2.31. The number of amides is 3. The van der Waals surface area contributed by atoms with Crippen molar-refractivity contribution in [3.8, 4) is 0 Å². The van der Waals surface area contributed by atoms with Crippen LogP contribution in [0, 0.1) is 5.92 Å². The number of nitrogens with zero attached hydrogens (tertiary/aromatic N) is 1. The molecule has 0 aromatic heterocycles. The van der Waals surface area contributed by atoms with E-state index in [4.69, 9.17) is 9.47 Å². The fraction of sp³-hybridized carbons (Fsp3) is 0.450.